The van der Waals surface area contributed by atoms with E-state index in [2.05, 4.69) is 44.5 Å². The number of benzene rings is 1. The van der Waals surface area contributed by atoms with Gasteiger partial charge in [-0.2, -0.15) is 0 Å². The molecule has 132 valence electrons. The van der Waals surface area contributed by atoms with Gasteiger partial charge in [0.1, 0.15) is 11.5 Å². The van der Waals surface area contributed by atoms with Gasteiger partial charge < -0.3 is 10.2 Å². The third-order valence-corrected chi connectivity index (χ3v) is 4.88. The zero-order chi connectivity index (χ0) is 17.9. The first-order chi connectivity index (χ1) is 12.7. The second-order valence-corrected chi connectivity index (χ2v) is 6.69. The monoisotopic (exact) mass is 345 g/mol. The maximum atomic E-state index is 4.70. The van der Waals surface area contributed by atoms with Crippen LogP contribution in [0.4, 0.5) is 17.2 Å². The summed E-state index contributed by atoms with van der Waals surface area (Å²) in [5, 5.41) is 3.44. The van der Waals surface area contributed by atoms with Crippen molar-refractivity contribution in [2.24, 2.45) is 0 Å². The Balaban J connectivity index is 1.60. The van der Waals surface area contributed by atoms with Gasteiger partial charge in [0.15, 0.2) is 5.82 Å². The second kappa shape index (κ2) is 7.12. The molecule has 5 heteroatoms. The molecule has 1 saturated heterocycles. The molecule has 26 heavy (non-hydrogen) atoms. The van der Waals surface area contributed by atoms with Crippen molar-refractivity contribution >= 4 is 17.2 Å². The van der Waals surface area contributed by atoms with Gasteiger partial charge in [0.25, 0.3) is 0 Å². The molecule has 0 unspecified atom stereocenters. The molecular formula is C21H23N5. The fourth-order valence-electron chi connectivity index (χ4n) is 3.23. The molecule has 0 aliphatic carbocycles. The van der Waals surface area contributed by atoms with E-state index in [1.54, 1.807) is 6.20 Å². The van der Waals surface area contributed by atoms with Crippen molar-refractivity contribution in [2.75, 3.05) is 23.3 Å². The second-order valence-electron chi connectivity index (χ2n) is 6.69. The van der Waals surface area contributed by atoms with Gasteiger partial charge in [0, 0.05) is 41.9 Å². The third kappa shape index (κ3) is 3.38. The zero-order valence-electron chi connectivity index (χ0n) is 15.2. The highest BCUT2D eigenvalue weighted by atomic mass is 15.1. The van der Waals surface area contributed by atoms with E-state index in [4.69, 9.17) is 4.98 Å². The molecule has 0 bridgehead atoms. The minimum absolute atomic E-state index is 0.643. The predicted octanol–water partition coefficient (Wildman–Crippen LogP) is 4.50. The Labute approximate surface area is 154 Å². The van der Waals surface area contributed by atoms with Crippen molar-refractivity contribution in [1.29, 1.82) is 0 Å². The summed E-state index contributed by atoms with van der Waals surface area (Å²) in [5.74, 6) is 1.47. The molecule has 1 N–H and O–H groups in total. The molecule has 1 aliphatic heterocycles. The maximum absolute atomic E-state index is 4.70. The topological polar surface area (TPSA) is 53.9 Å². The van der Waals surface area contributed by atoms with Crippen LogP contribution in [0.15, 0.2) is 48.7 Å². The van der Waals surface area contributed by atoms with E-state index in [0.717, 1.165) is 41.5 Å². The molecule has 1 fully saturated rings. The van der Waals surface area contributed by atoms with Gasteiger partial charge in [-0.3, -0.25) is 4.98 Å². The van der Waals surface area contributed by atoms with Gasteiger partial charge in [-0.1, -0.05) is 6.07 Å². The number of nitrogens with one attached hydrogen (secondary N) is 1. The molecule has 5 nitrogen and oxygen atoms in total. The first-order valence-electron chi connectivity index (χ1n) is 9.09. The molecule has 3 aromatic rings. The Kier molecular flexibility index (Phi) is 4.52. The number of hydrogen-bond acceptors (Lipinski definition) is 5. The molecule has 0 saturated carbocycles. The lowest BCUT2D eigenvalue weighted by Gasteiger charge is -2.18. The van der Waals surface area contributed by atoms with E-state index in [9.17, 15) is 0 Å². The summed E-state index contributed by atoms with van der Waals surface area (Å²) in [6.07, 6.45) is 4.34. The van der Waals surface area contributed by atoms with Crippen LogP contribution in [-0.4, -0.2) is 28.0 Å². The fraction of sp³-hybridized carbons (Fsp3) is 0.286. The summed E-state index contributed by atoms with van der Waals surface area (Å²) in [7, 11) is 0. The van der Waals surface area contributed by atoms with Crippen LogP contribution in [0.3, 0.4) is 0 Å². The van der Waals surface area contributed by atoms with Crippen molar-refractivity contribution in [2.45, 2.75) is 26.7 Å². The molecule has 2 aromatic heterocycles. The van der Waals surface area contributed by atoms with Crippen LogP contribution in [0.25, 0.3) is 11.5 Å². The molecular weight excluding hydrogens is 322 g/mol. The van der Waals surface area contributed by atoms with E-state index in [0.29, 0.717) is 5.82 Å². The summed E-state index contributed by atoms with van der Waals surface area (Å²) in [6.45, 7) is 6.36. The van der Waals surface area contributed by atoms with E-state index >= 15 is 0 Å². The highest BCUT2D eigenvalue weighted by molar-refractivity contribution is 5.65. The Morgan fingerprint density at radius 1 is 0.923 bits per heavy atom. The predicted molar refractivity (Wildman–Crippen MR) is 106 cm³/mol. The number of rotatable bonds is 4. The molecule has 3 heterocycles. The van der Waals surface area contributed by atoms with Gasteiger partial charge in [0.05, 0.1) is 0 Å². The lowest BCUT2D eigenvalue weighted by Crippen LogP contribution is -2.17. The first-order valence-corrected chi connectivity index (χ1v) is 9.09. The summed E-state index contributed by atoms with van der Waals surface area (Å²) in [5.41, 5.74) is 5.10. The van der Waals surface area contributed by atoms with Crippen LogP contribution in [0.1, 0.15) is 24.1 Å². The van der Waals surface area contributed by atoms with Crippen LogP contribution in [0, 0.1) is 13.8 Å². The van der Waals surface area contributed by atoms with Crippen LogP contribution in [0.5, 0.6) is 0 Å². The summed E-state index contributed by atoms with van der Waals surface area (Å²) < 4.78 is 0. The lowest BCUT2D eigenvalue weighted by atomic mass is 10.2. The average molecular weight is 345 g/mol. The smallest absolute Gasteiger partial charge is 0.180 e. The minimum Gasteiger partial charge on any atom is -0.372 e. The molecule has 1 aromatic carbocycles. The van der Waals surface area contributed by atoms with E-state index in [-0.39, 0.29) is 0 Å². The summed E-state index contributed by atoms with van der Waals surface area (Å²) in [4.78, 5) is 16.1. The minimum atomic E-state index is 0.643. The normalized spacial score (nSPS) is 13.8. The number of nitrogens with zero attached hydrogens (tertiary/aromatic N) is 4. The van der Waals surface area contributed by atoms with Crippen molar-refractivity contribution in [1.82, 2.24) is 15.0 Å². The van der Waals surface area contributed by atoms with E-state index in [1.807, 2.05) is 32.0 Å². The molecule has 1 aliphatic rings. The Hall–Kier alpha value is -2.95. The van der Waals surface area contributed by atoms with Gasteiger partial charge in [-0.05, 0) is 63.1 Å². The third-order valence-electron chi connectivity index (χ3n) is 4.88. The van der Waals surface area contributed by atoms with Crippen LogP contribution < -0.4 is 10.2 Å². The molecule has 0 radical (unpaired) electrons. The molecule has 0 spiro atoms. The Morgan fingerprint density at radius 3 is 2.38 bits per heavy atom. The lowest BCUT2D eigenvalue weighted by molar-refractivity contribution is 0.949. The Morgan fingerprint density at radius 2 is 1.69 bits per heavy atom. The van der Waals surface area contributed by atoms with Gasteiger partial charge >= 0.3 is 0 Å². The summed E-state index contributed by atoms with van der Waals surface area (Å²) >= 11 is 0. The quantitative estimate of drug-likeness (QED) is 0.754. The standard InChI is InChI=1S/C21H23N5/c1-15-16(2)23-21(19-7-3-4-12-22-19)25-20(15)24-17-8-10-18(11-9-17)26-13-5-6-14-26/h3-4,7-12H,5-6,13-14H2,1-2H3,(H,23,24,25). The fourth-order valence-corrected chi connectivity index (χ4v) is 3.23. The number of anilines is 3. The molecule has 0 amide bonds. The zero-order valence-corrected chi connectivity index (χ0v) is 15.2. The average Bonchev–Trinajstić information content (AvgIpc) is 3.21. The highest BCUT2D eigenvalue weighted by Gasteiger charge is 2.13. The van der Waals surface area contributed by atoms with Crippen LogP contribution in [-0.2, 0) is 0 Å². The van der Waals surface area contributed by atoms with Crippen LogP contribution in [0.2, 0.25) is 0 Å². The number of pyridine rings is 1. The SMILES string of the molecule is Cc1nc(-c2ccccn2)nc(Nc2ccc(N3CCCC3)cc2)c1C. The van der Waals surface area contributed by atoms with Gasteiger partial charge in [-0.15, -0.1) is 0 Å². The maximum Gasteiger partial charge on any atom is 0.180 e. The number of aromatic nitrogens is 3. The highest BCUT2D eigenvalue weighted by Crippen LogP contribution is 2.26. The van der Waals surface area contributed by atoms with Gasteiger partial charge in [-0.25, -0.2) is 9.97 Å². The first kappa shape index (κ1) is 16.5. The molecule has 4 rings (SSSR count). The Bertz CT molecular complexity index is 884. The van der Waals surface area contributed by atoms with E-state index < -0.39 is 0 Å². The van der Waals surface area contributed by atoms with Crippen molar-refractivity contribution in [3.05, 3.63) is 59.9 Å². The largest absolute Gasteiger partial charge is 0.372 e. The van der Waals surface area contributed by atoms with Gasteiger partial charge in [0.2, 0.25) is 0 Å². The van der Waals surface area contributed by atoms with Crippen molar-refractivity contribution in [3.63, 3.8) is 0 Å². The van der Waals surface area contributed by atoms with E-state index in [1.165, 1.54) is 18.5 Å². The number of aryl methyl sites for hydroxylation is 1. The van der Waals surface area contributed by atoms with Crippen LogP contribution >= 0.6 is 0 Å². The van der Waals surface area contributed by atoms with Crippen molar-refractivity contribution < 1.29 is 0 Å². The molecule has 0 atom stereocenters. The summed E-state index contributed by atoms with van der Waals surface area (Å²) in [6, 6.07) is 14.4. The number of hydrogen-bond donors (Lipinski definition) is 1. The van der Waals surface area contributed by atoms with Crippen molar-refractivity contribution in [3.8, 4) is 11.5 Å².